The maximum absolute atomic E-state index is 3.19. The minimum absolute atomic E-state index is 1.17. The molecule has 1 heterocycles. The summed E-state index contributed by atoms with van der Waals surface area (Å²) in [7, 11) is 0. The Morgan fingerprint density at radius 1 is 0.765 bits per heavy atom. The predicted octanol–water partition coefficient (Wildman–Crippen LogP) is 3.63. The largest absolute Gasteiger partial charge is 0.307 e. The van der Waals surface area contributed by atoms with Crippen molar-refractivity contribution in [1.29, 1.82) is 0 Å². The van der Waals surface area contributed by atoms with Crippen LogP contribution >= 0.6 is 11.8 Å². The quantitative estimate of drug-likeness (QED) is 0.820. The maximum Gasteiger partial charge on any atom is 0.0418 e. The third kappa shape index (κ3) is 4.25. The number of thioether (sulfide) groups is 1. The molecule has 0 aliphatic carbocycles. The van der Waals surface area contributed by atoms with Crippen LogP contribution in [-0.4, -0.2) is 18.2 Å². The summed E-state index contributed by atoms with van der Waals surface area (Å²) in [5.41, 5.74) is 2.55. The summed E-state index contributed by atoms with van der Waals surface area (Å²) < 4.78 is 0. The molecule has 88 valence electrons. The van der Waals surface area contributed by atoms with Crippen molar-refractivity contribution < 1.29 is 0 Å². The minimum Gasteiger partial charge on any atom is -0.307 e. The molecule has 0 amide bonds. The first-order valence-electron chi connectivity index (χ1n) is 5.86. The van der Waals surface area contributed by atoms with E-state index in [0.717, 1.165) is 0 Å². The summed E-state index contributed by atoms with van der Waals surface area (Å²) in [6, 6.07) is 20.8. The van der Waals surface area contributed by atoms with Crippen molar-refractivity contribution in [1.82, 2.24) is 5.32 Å². The van der Waals surface area contributed by atoms with Gasteiger partial charge in [-0.2, -0.15) is 0 Å². The molecule has 0 saturated carbocycles. The monoisotopic (exact) mass is 243 g/mol. The van der Waals surface area contributed by atoms with Crippen molar-refractivity contribution in [3.8, 4) is 11.1 Å². The van der Waals surface area contributed by atoms with Crippen molar-refractivity contribution in [2.24, 2.45) is 0 Å². The lowest BCUT2D eigenvalue weighted by Crippen LogP contribution is -2.04. The standard InChI is InChI=1S/C12H10.C3H7NS/c1-3-7-11(8-4-1)12-9-5-2-6-10-12;1-2-5-3-4-1/h1-10H;4H,1-3H2. The number of hydrogen-bond donors (Lipinski definition) is 1. The molecule has 2 heteroatoms. The van der Waals surface area contributed by atoms with Crippen molar-refractivity contribution in [2.45, 2.75) is 0 Å². The lowest BCUT2D eigenvalue weighted by atomic mass is 10.1. The third-order valence-corrected chi connectivity index (χ3v) is 3.41. The van der Waals surface area contributed by atoms with Gasteiger partial charge in [0.2, 0.25) is 0 Å². The smallest absolute Gasteiger partial charge is 0.0418 e. The highest BCUT2D eigenvalue weighted by molar-refractivity contribution is 7.99. The Hall–Kier alpha value is -1.25. The molecule has 1 N–H and O–H groups in total. The molecule has 1 aliphatic heterocycles. The summed E-state index contributed by atoms with van der Waals surface area (Å²) in [4.78, 5) is 0. The van der Waals surface area contributed by atoms with Crippen LogP contribution in [0.15, 0.2) is 60.7 Å². The topological polar surface area (TPSA) is 12.0 Å². The lowest BCUT2D eigenvalue weighted by Gasteiger charge is -1.98. The molecule has 3 rings (SSSR count). The van der Waals surface area contributed by atoms with Gasteiger partial charge < -0.3 is 5.32 Å². The summed E-state index contributed by atoms with van der Waals surface area (Å²) in [6.07, 6.45) is 0. The van der Waals surface area contributed by atoms with E-state index in [-0.39, 0.29) is 0 Å². The molecule has 1 nitrogen and oxygen atoms in total. The average Bonchev–Trinajstić information content (AvgIpc) is 3.00. The number of rotatable bonds is 1. The molecular weight excluding hydrogens is 226 g/mol. The van der Waals surface area contributed by atoms with Crippen LogP contribution < -0.4 is 5.32 Å². The molecule has 1 saturated heterocycles. The van der Waals surface area contributed by atoms with Crippen LogP contribution in [0.1, 0.15) is 0 Å². The van der Waals surface area contributed by atoms with Gasteiger partial charge in [0.15, 0.2) is 0 Å². The summed E-state index contributed by atoms with van der Waals surface area (Å²) >= 11 is 1.96. The fraction of sp³-hybridized carbons (Fsp3) is 0.200. The highest BCUT2D eigenvalue weighted by Gasteiger charge is 1.93. The van der Waals surface area contributed by atoms with Crippen molar-refractivity contribution in [3.63, 3.8) is 0 Å². The molecule has 2 aromatic rings. The van der Waals surface area contributed by atoms with Crippen LogP contribution in [0.4, 0.5) is 0 Å². The Bertz CT molecular complexity index is 364. The van der Waals surface area contributed by atoms with E-state index in [9.17, 15) is 0 Å². The van der Waals surface area contributed by atoms with Crippen molar-refractivity contribution in [3.05, 3.63) is 60.7 Å². The zero-order valence-electron chi connectivity index (χ0n) is 9.80. The second-order valence-electron chi connectivity index (χ2n) is 3.78. The van der Waals surface area contributed by atoms with E-state index in [1.54, 1.807) is 0 Å². The lowest BCUT2D eigenvalue weighted by molar-refractivity contribution is 0.885. The molecule has 0 aromatic heterocycles. The average molecular weight is 243 g/mol. The van der Waals surface area contributed by atoms with Gasteiger partial charge in [0.05, 0.1) is 0 Å². The summed E-state index contributed by atoms with van der Waals surface area (Å²) in [5, 5.41) is 3.19. The van der Waals surface area contributed by atoms with E-state index in [4.69, 9.17) is 0 Å². The Balaban J connectivity index is 0.000000181. The Morgan fingerprint density at radius 2 is 1.29 bits per heavy atom. The van der Waals surface area contributed by atoms with Gasteiger partial charge in [0.25, 0.3) is 0 Å². The van der Waals surface area contributed by atoms with Gasteiger partial charge in [-0.3, -0.25) is 0 Å². The molecule has 0 bridgehead atoms. The van der Waals surface area contributed by atoms with Gasteiger partial charge >= 0.3 is 0 Å². The van der Waals surface area contributed by atoms with E-state index in [1.165, 1.54) is 29.3 Å². The molecular formula is C15H17NS. The van der Waals surface area contributed by atoms with E-state index >= 15 is 0 Å². The van der Waals surface area contributed by atoms with Crippen LogP contribution in [0.25, 0.3) is 11.1 Å². The van der Waals surface area contributed by atoms with Gasteiger partial charge in [-0.05, 0) is 11.1 Å². The molecule has 1 fully saturated rings. The maximum atomic E-state index is 3.19. The second-order valence-corrected chi connectivity index (χ2v) is 4.89. The zero-order valence-corrected chi connectivity index (χ0v) is 10.6. The highest BCUT2D eigenvalue weighted by Crippen LogP contribution is 2.17. The van der Waals surface area contributed by atoms with Crippen molar-refractivity contribution in [2.75, 3.05) is 18.2 Å². The normalized spacial score (nSPS) is 13.9. The first-order valence-corrected chi connectivity index (χ1v) is 7.01. The van der Waals surface area contributed by atoms with E-state index in [0.29, 0.717) is 0 Å². The molecule has 0 unspecified atom stereocenters. The SMILES string of the molecule is C1CSCN1.c1ccc(-c2ccccc2)cc1. The predicted molar refractivity (Wildman–Crippen MR) is 77.2 cm³/mol. The fourth-order valence-corrected chi connectivity index (χ4v) is 2.34. The van der Waals surface area contributed by atoms with Crippen molar-refractivity contribution >= 4 is 11.8 Å². The summed E-state index contributed by atoms with van der Waals surface area (Å²) in [6.45, 7) is 1.21. The molecule has 0 atom stereocenters. The van der Waals surface area contributed by atoms with Crippen LogP contribution in [0.2, 0.25) is 0 Å². The molecule has 0 radical (unpaired) electrons. The van der Waals surface area contributed by atoms with Gasteiger partial charge in [-0.25, -0.2) is 0 Å². The number of nitrogens with one attached hydrogen (secondary N) is 1. The number of benzene rings is 2. The van der Waals surface area contributed by atoms with Crippen LogP contribution in [0.5, 0.6) is 0 Å². The Kier molecular flexibility index (Phi) is 5.14. The van der Waals surface area contributed by atoms with Gasteiger partial charge in [-0.15, -0.1) is 11.8 Å². The van der Waals surface area contributed by atoms with Crippen LogP contribution in [0.3, 0.4) is 0 Å². The first kappa shape index (κ1) is 12.2. The molecule has 0 spiro atoms. The number of hydrogen-bond acceptors (Lipinski definition) is 2. The fourth-order valence-electron chi connectivity index (χ4n) is 1.62. The highest BCUT2D eigenvalue weighted by atomic mass is 32.2. The molecule has 17 heavy (non-hydrogen) atoms. The van der Waals surface area contributed by atoms with Gasteiger partial charge in [0, 0.05) is 18.2 Å². The second kappa shape index (κ2) is 7.15. The molecule has 1 aliphatic rings. The van der Waals surface area contributed by atoms with E-state index < -0.39 is 0 Å². The Morgan fingerprint density at radius 3 is 1.59 bits per heavy atom. The molecule has 2 aromatic carbocycles. The minimum atomic E-state index is 1.17. The van der Waals surface area contributed by atoms with E-state index in [2.05, 4.69) is 53.8 Å². The first-order chi connectivity index (χ1) is 8.47. The van der Waals surface area contributed by atoms with Gasteiger partial charge in [0.1, 0.15) is 0 Å². The third-order valence-electron chi connectivity index (χ3n) is 2.51. The van der Waals surface area contributed by atoms with Gasteiger partial charge in [-0.1, -0.05) is 60.7 Å². The van der Waals surface area contributed by atoms with Crippen LogP contribution in [0, 0.1) is 0 Å². The zero-order chi connectivity index (χ0) is 11.8. The van der Waals surface area contributed by atoms with Crippen LogP contribution in [-0.2, 0) is 0 Å². The Labute approximate surface area is 107 Å². The van der Waals surface area contributed by atoms with E-state index in [1.807, 2.05) is 23.9 Å². The summed E-state index contributed by atoms with van der Waals surface area (Å²) in [5.74, 6) is 2.47.